The summed E-state index contributed by atoms with van der Waals surface area (Å²) in [5, 5.41) is 19.0. The molecule has 1 aliphatic heterocycles. The van der Waals surface area contributed by atoms with Crippen LogP contribution in [0.5, 0.6) is 0 Å². The van der Waals surface area contributed by atoms with E-state index in [-0.39, 0.29) is 22.3 Å². The summed E-state index contributed by atoms with van der Waals surface area (Å²) in [6, 6.07) is 12.7. The molecule has 0 saturated carbocycles. The molecule has 0 radical (unpaired) electrons. The fourth-order valence-corrected chi connectivity index (χ4v) is 3.43. The van der Waals surface area contributed by atoms with Crippen LogP contribution in [0.25, 0.3) is 11.5 Å². The maximum atomic E-state index is 13.0. The van der Waals surface area contributed by atoms with Crippen molar-refractivity contribution < 1.29 is 13.7 Å². The highest BCUT2D eigenvalue weighted by molar-refractivity contribution is 5.52. The van der Waals surface area contributed by atoms with E-state index in [4.69, 9.17) is 4.42 Å². The number of nitro groups is 1. The van der Waals surface area contributed by atoms with Gasteiger partial charge in [0.25, 0.3) is 5.69 Å². The third kappa shape index (κ3) is 4.07. The monoisotopic (exact) mass is 382 g/mol. The van der Waals surface area contributed by atoms with Gasteiger partial charge in [-0.05, 0) is 55.8 Å². The number of likely N-dealkylation sites (tertiary alicyclic amines) is 1. The summed E-state index contributed by atoms with van der Waals surface area (Å²) in [7, 11) is 0. The SMILES string of the molecule is O=[N+]([O-])c1ccc(CN2CCC(c3nnc(-c4ccc(F)cc4)o3)CC2)cc1. The average molecular weight is 382 g/mol. The van der Waals surface area contributed by atoms with Gasteiger partial charge in [-0.3, -0.25) is 15.0 Å². The molecule has 1 aromatic heterocycles. The van der Waals surface area contributed by atoms with Crippen molar-refractivity contribution in [1.29, 1.82) is 0 Å². The molecule has 0 atom stereocenters. The van der Waals surface area contributed by atoms with Crippen molar-refractivity contribution in [1.82, 2.24) is 15.1 Å². The first kappa shape index (κ1) is 18.2. The number of aromatic nitrogens is 2. The Morgan fingerprint density at radius 3 is 2.39 bits per heavy atom. The highest BCUT2D eigenvalue weighted by Gasteiger charge is 2.25. The van der Waals surface area contributed by atoms with Gasteiger partial charge in [0.15, 0.2) is 0 Å². The van der Waals surface area contributed by atoms with Crippen LogP contribution in [0.4, 0.5) is 10.1 Å². The van der Waals surface area contributed by atoms with Gasteiger partial charge in [-0.1, -0.05) is 12.1 Å². The van der Waals surface area contributed by atoms with E-state index in [9.17, 15) is 14.5 Å². The number of benzene rings is 2. The van der Waals surface area contributed by atoms with Crippen molar-refractivity contribution in [2.75, 3.05) is 13.1 Å². The summed E-state index contributed by atoms with van der Waals surface area (Å²) in [5.74, 6) is 0.927. The number of nitro benzene ring substituents is 1. The standard InChI is InChI=1S/C20H19FN4O3/c21-17-5-3-15(4-6-17)19-22-23-20(28-19)16-9-11-24(12-10-16)13-14-1-7-18(8-2-14)25(26)27/h1-8,16H,9-13H2. The van der Waals surface area contributed by atoms with E-state index in [0.29, 0.717) is 17.3 Å². The molecule has 0 bridgehead atoms. The van der Waals surface area contributed by atoms with Crippen LogP contribution in [0.3, 0.4) is 0 Å². The number of rotatable bonds is 5. The van der Waals surface area contributed by atoms with Crippen molar-refractivity contribution in [3.05, 3.63) is 75.9 Å². The van der Waals surface area contributed by atoms with E-state index < -0.39 is 0 Å². The topological polar surface area (TPSA) is 85.3 Å². The molecule has 0 amide bonds. The summed E-state index contributed by atoms with van der Waals surface area (Å²) in [4.78, 5) is 12.7. The van der Waals surface area contributed by atoms with E-state index in [2.05, 4.69) is 15.1 Å². The van der Waals surface area contributed by atoms with E-state index in [1.54, 1.807) is 24.3 Å². The number of hydrogen-bond acceptors (Lipinski definition) is 6. The van der Waals surface area contributed by atoms with Crippen LogP contribution in [-0.4, -0.2) is 33.1 Å². The molecule has 1 aliphatic rings. The Labute approximate surface area is 161 Å². The maximum Gasteiger partial charge on any atom is 0.269 e. The quantitative estimate of drug-likeness (QED) is 0.486. The first-order chi connectivity index (χ1) is 13.6. The second-order valence-corrected chi connectivity index (χ2v) is 6.93. The lowest BCUT2D eigenvalue weighted by atomic mass is 9.96. The zero-order valence-electron chi connectivity index (χ0n) is 15.1. The molecule has 2 aromatic carbocycles. The second kappa shape index (κ2) is 7.85. The zero-order chi connectivity index (χ0) is 19.5. The molecule has 0 N–H and O–H groups in total. The summed E-state index contributed by atoms with van der Waals surface area (Å²) in [6.07, 6.45) is 1.80. The molecule has 2 heterocycles. The third-order valence-corrected chi connectivity index (χ3v) is 5.02. The van der Waals surface area contributed by atoms with Crippen LogP contribution in [-0.2, 0) is 6.54 Å². The van der Waals surface area contributed by atoms with E-state index in [1.165, 1.54) is 24.3 Å². The van der Waals surface area contributed by atoms with Crippen LogP contribution in [0, 0.1) is 15.9 Å². The van der Waals surface area contributed by atoms with E-state index >= 15 is 0 Å². The van der Waals surface area contributed by atoms with Gasteiger partial charge >= 0.3 is 0 Å². The largest absolute Gasteiger partial charge is 0.420 e. The molecular formula is C20H19FN4O3. The van der Waals surface area contributed by atoms with Crippen LogP contribution in [0.1, 0.15) is 30.2 Å². The minimum absolute atomic E-state index is 0.107. The summed E-state index contributed by atoms with van der Waals surface area (Å²) in [6.45, 7) is 2.53. The van der Waals surface area contributed by atoms with Crippen LogP contribution in [0.15, 0.2) is 52.9 Å². The summed E-state index contributed by atoms with van der Waals surface area (Å²) < 4.78 is 18.9. The predicted octanol–water partition coefficient (Wildman–Crippen LogP) is 4.16. The molecule has 8 heteroatoms. The maximum absolute atomic E-state index is 13.0. The minimum Gasteiger partial charge on any atom is -0.420 e. The van der Waals surface area contributed by atoms with Crippen molar-refractivity contribution in [3.8, 4) is 11.5 Å². The molecule has 0 spiro atoms. The fourth-order valence-electron chi connectivity index (χ4n) is 3.43. The molecule has 0 aliphatic carbocycles. The Bertz CT molecular complexity index is 948. The average Bonchev–Trinajstić information content (AvgIpc) is 3.20. The highest BCUT2D eigenvalue weighted by atomic mass is 19.1. The lowest BCUT2D eigenvalue weighted by Crippen LogP contribution is -2.32. The first-order valence-electron chi connectivity index (χ1n) is 9.13. The zero-order valence-corrected chi connectivity index (χ0v) is 15.1. The number of non-ortho nitro benzene ring substituents is 1. The molecule has 28 heavy (non-hydrogen) atoms. The van der Waals surface area contributed by atoms with Crippen LogP contribution in [0.2, 0.25) is 0 Å². The Morgan fingerprint density at radius 1 is 1.07 bits per heavy atom. The number of hydrogen-bond donors (Lipinski definition) is 0. The Kier molecular flexibility index (Phi) is 5.12. The predicted molar refractivity (Wildman–Crippen MR) is 100 cm³/mol. The van der Waals surface area contributed by atoms with Gasteiger partial charge < -0.3 is 4.42 Å². The normalized spacial score (nSPS) is 15.6. The lowest BCUT2D eigenvalue weighted by Gasteiger charge is -2.30. The van der Waals surface area contributed by atoms with Gasteiger partial charge in [0.1, 0.15) is 5.82 Å². The molecule has 144 valence electrons. The van der Waals surface area contributed by atoms with Gasteiger partial charge in [-0.25, -0.2) is 4.39 Å². The molecule has 7 nitrogen and oxygen atoms in total. The highest BCUT2D eigenvalue weighted by Crippen LogP contribution is 2.30. The second-order valence-electron chi connectivity index (χ2n) is 6.93. The van der Waals surface area contributed by atoms with Crippen molar-refractivity contribution in [2.45, 2.75) is 25.3 Å². The third-order valence-electron chi connectivity index (χ3n) is 5.02. The van der Waals surface area contributed by atoms with E-state index in [1.807, 2.05) is 0 Å². The number of halogens is 1. The smallest absolute Gasteiger partial charge is 0.269 e. The molecule has 1 fully saturated rings. The molecule has 0 unspecified atom stereocenters. The first-order valence-corrected chi connectivity index (χ1v) is 9.13. The lowest BCUT2D eigenvalue weighted by molar-refractivity contribution is -0.384. The van der Waals surface area contributed by atoms with Crippen LogP contribution < -0.4 is 0 Å². The molecule has 1 saturated heterocycles. The van der Waals surface area contributed by atoms with Crippen molar-refractivity contribution in [3.63, 3.8) is 0 Å². The van der Waals surface area contributed by atoms with Crippen LogP contribution >= 0.6 is 0 Å². The molecule has 3 aromatic rings. The van der Waals surface area contributed by atoms with Gasteiger partial charge in [0.05, 0.1) is 4.92 Å². The van der Waals surface area contributed by atoms with Gasteiger partial charge in [0.2, 0.25) is 11.8 Å². The summed E-state index contributed by atoms with van der Waals surface area (Å²) >= 11 is 0. The van der Waals surface area contributed by atoms with Gasteiger partial charge in [-0.15, -0.1) is 10.2 Å². The number of piperidine rings is 1. The minimum atomic E-state index is -0.389. The van der Waals surface area contributed by atoms with Gasteiger partial charge in [0, 0.05) is 30.2 Å². The fraction of sp³-hybridized carbons (Fsp3) is 0.300. The molecule has 4 rings (SSSR count). The van der Waals surface area contributed by atoms with Crippen molar-refractivity contribution >= 4 is 5.69 Å². The van der Waals surface area contributed by atoms with E-state index in [0.717, 1.165) is 38.0 Å². The van der Waals surface area contributed by atoms with Gasteiger partial charge in [-0.2, -0.15) is 0 Å². The Hall–Kier alpha value is -3.13. The Balaban J connectivity index is 1.34. The Morgan fingerprint density at radius 2 is 1.75 bits per heavy atom. The summed E-state index contributed by atoms with van der Waals surface area (Å²) in [5.41, 5.74) is 1.87. The molecular weight excluding hydrogens is 363 g/mol. The number of nitrogens with zero attached hydrogens (tertiary/aromatic N) is 4. The van der Waals surface area contributed by atoms with Crippen molar-refractivity contribution in [2.24, 2.45) is 0 Å².